The van der Waals surface area contributed by atoms with Crippen LogP contribution in [0.2, 0.25) is 0 Å². The third kappa shape index (κ3) is 3.34. The minimum absolute atomic E-state index is 0.0878. The maximum Gasteiger partial charge on any atom is 0.322 e. The standard InChI is InChI=1S/C12H15N3O4/c1-15(6-8-4-5-19-7-8)10(16)3-2-9-11(17)14-12(18)13-9/h4-5,7,9H,2-3,6H2,1H3,(H2,13,14,17,18)/t9-/m0/s1. The van der Waals surface area contributed by atoms with Crippen molar-refractivity contribution in [2.24, 2.45) is 0 Å². The van der Waals surface area contributed by atoms with Gasteiger partial charge < -0.3 is 14.6 Å². The molecule has 0 unspecified atom stereocenters. The Kier molecular flexibility index (Phi) is 3.84. The molecule has 102 valence electrons. The van der Waals surface area contributed by atoms with Crippen LogP contribution in [-0.2, 0) is 16.1 Å². The largest absolute Gasteiger partial charge is 0.472 e. The predicted octanol–water partition coefficient (Wildman–Crippen LogP) is 0.226. The zero-order valence-corrected chi connectivity index (χ0v) is 10.5. The van der Waals surface area contributed by atoms with Crippen LogP contribution in [0.1, 0.15) is 18.4 Å². The van der Waals surface area contributed by atoms with Gasteiger partial charge in [0.25, 0.3) is 5.91 Å². The zero-order chi connectivity index (χ0) is 13.8. The van der Waals surface area contributed by atoms with E-state index < -0.39 is 12.1 Å². The van der Waals surface area contributed by atoms with Crippen molar-refractivity contribution in [3.63, 3.8) is 0 Å². The zero-order valence-electron chi connectivity index (χ0n) is 10.5. The average Bonchev–Trinajstić information content (AvgIpc) is 2.96. The van der Waals surface area contributed by atoms with Crippen LogP contribution < -0.4 is 10.6 Å². The van der Waals surface area contributed by atoms with Gasteiger partial charge in [-0.3, -0.25) is 14.9 Å². The van der Waals surface area contributed by atoms with Gasteiger partial charge in [-0.1, -0.05) is 0 Å². The molecule has 1 aliphatic rings. The van der Waals surface area contributed by atoms with Gasteiger partial charge in [0.2, 0.25) is 5.91 Å². The van der Waals surface area contributed by atoms with E-state index in [1.165, 1.54) is 0 Å². The molecule has 1 saturated heterocycles. The number of hydrogen-bond donors (Lipinski definition) is 2. The highest BCUT2D eigenvalue weighted by Gasteiger charge is 2.29. The Morgan fingerprint density at radius 3 is 2.84 bits per heavy atom. The number of carbonyl (C=O) groups excluding carboxylic acids is 3. The summed E-state index contributed by atoms with van der Waals surface area (Å²) in [5.74, 6) is -0.467. The Labute approximate surface area is 109 Å². The molecule has 1 fully saturated rings. The molecule has 0 bridgehead atoms. The lowest BCUT2D eigenvalue weighted by Crippen LogP contribution is -2.32. The molecule has 2 heterocycles. The number of urea groups is 1. The fourth-order valence-corrected chi connectivity index (χ4v) is 1.87. The lowest BCUT2D eigenvalue weighted by atomic mass is 10.1. The van der Waals surface area contributed by atoms with Crippen LogP contribution >= 0.6 is 0 Å². The number of hydrogen-bond acceptors (Lipinski definition) is 4. The van der Waals surface area contributed by atoms with Crippen LogP contribution in [0.3, 0.4) is 0 Å². The topological polar surface area (TPSA) is 91.7 Å². The maximum atomic E-state index is 11.9. The van der Waals surface area contributed by atoms with Gasteiger partial charge >= 0.3 is 6.03 Å². The van der Waals surface area contributed by atoms with E-state index in [0.717, 1.165) is 5.56 Å². The van der Waals surface area contributed by atoms with Crippen LogP contribution in [0.15, 0.2) is 23.0 Å². The minimum Gasteiger partial charge on any atom is -0.472 e. The van der Waals surface area contributed by atoms with Gasteiger partial charge in [-0.25, -0.2) is 4.79 Å². The lowest BCUT2D eigenvalue weighted by molar-refractivity contribution is -0.130. The number of furan rings is 1. The molecule has 7 heteroatoms. The fraction of sp³-hybridized carbons (Fsp3) is 0.417. The Morgan fingerprint density at radius 1 is 1.47 bits per heavy atom. The van der Waals surface area contributed by atoms with Crippen LogP contribution in [0.25, 0.3) is 0 Å². The second-order valence-corrected chi connectivity index (χ2v) is 4.44. The average molecular weight is 265 g/mol. The highest BCUT2D eigenvalue weighted by molar-refractivity contribution is 6.04. The molecule has 1 aromatic rings. The third-order valence-electron chi connectivity index (χ3n) is 2.93. The first-order chi connectivity index (χ1) is 9.06. The predicted molar refractivity (Wildman–Crippen MR) is 64.9 cm³/mol. The van der Waals surface area contributed by atoms with Crippen molar-refractivity contribution in [2.75, 3.05) is 7.05 Å². The minimum atomic E-state index is -0.612. The Morgan fingerprint density at radius 2 is 2.26 bits per heavy atom. The van der Waals surface area contributed by atoms with Gasteiger partial charge in [0.05, 0.1) is 12.5 Å². The maximum absolute atomic E-state index is 11.9. The first-order valence-electron chi connectivity index (χ1n) is 5.92. The number of rotatable bonds is 5. The summed E-state index contributed by atoms with van der Waals surface area (Å²) < 4.78 is 4.92. The highest BCUT2D eigenvalue weighted by atomic mass is 16.3. The second-order valence-electron chi connectivity index (χ2n) is 4.44. The molecule has 0 aliphatic carbocycles. The molecule has 0 radical (unpaired) electrons. The van der Waals surface area contributed by atoms with Crippen molar-refractivity contribution in [3.05, 3.63) is 24.2 Å². The van der Waals surface area contributed by atoms with Crippen LogP contribution in [0.5, 0.6) is 0 Å². The van der Waals surface area contributed by atoms with Crippen molar-refractivity contribution >= 4 is 17.8 Å². The molecule has 0 saturated carbocycles. The summed E-state index contributed by atoms with van der Waals surface area (Å²) in [7, 11) is 1.68. The molecule has 4 amide bonds. The summed E-state index contributed by atoms with van der Waals surface area (Å²) in [4.78, 5) is 35.6. The molecule has 19 heavy (non-hydrogen) atoms. The summed E-state index contributed by atoms with van der Waals surface area (Å²) in [6.45, 7) is 0.457. The molecule has 7 nitrogen and oxygen atoms in total. The van der Waals surface area contributed by atoms with Crippen molar-refractivity contribution in [2.45, 2.75) is 25.4 Å². The summed E-state index contributed by atoms with van der Waals surface area (Å²) in [6, 6.07) is 0.669. The van der Waals surface area contributed by atoms with E-state index in [-0.39, 0.29) is 18.2 Å². The molecule has 2 rings (SSSR count). The van der Waals surface area contributed by atoms with Crippen LogP contribution in [0.4, 0.5) is 4.79 Å². The quantitative estimate of drug-likeness (QED) is 0.745. The number of nitrogens with one attached hydrogen (secondary N) is 2. The van der Waals surface area contributed by atoms with Gasteiger partial charge in [0.15, 0.2) is 0 Å². The highest BCUT2D eigenvalue weighted by Crippen LogP contribution is 2.08. The summed E-state index contributed by atoms with van der Waals surface area (Å²) in [5, 5.41) is 4.59. The van der Waals surface area contributed by atoms with Gasteiger partial charge in [-0.15, -0.1) is 0 Å². The van der Waals surface area contributed by atoms with E-state index in [0.29, 0.717) is 13.0 Å². The fourth-order valence-electron chi connectivity index (χ4n) is 1.87. The first-order valence-corrected chi connectivity index (χ1v) is 5.92. The van der Waals surface area contributed by atoms with E-state index >= 15 is 0 Å². The van der Waals surface area contributed by atoms with Crippen LogP contribution in [-0.4, -0.2) is 35.8 Å². The second kappa shape index (κ2) is 5.55. The van der Waals surface area contributed by atoms with Gasteiger partial charge in [0.1, 0.15) is 6.04 Å². The van der Waals surface area contributed by atoms with E-state index in [4.69, 9.17) is 4.42 Å². The summed E-state index contributed by atoms with van der Waals surface area (Å²) in [5.41, 5.74) is 0.905. The molecule has 2 N–H and O–H groups in total. The van der Waals surface area contributed by atoms with E-state index in [2.05, 4.69) is 10.6 Å². The van der Waals surface area contributed by atoms with E-state index in [9.17, 15) is 14.4 Å². The van der Waals surface area contributed by atoms with E-state index in [1.54, 1.807) is 30.5 Å². The summed E-state index contributed by atoms with van der Waals surface area (Å²) in [6.07, 6.45) is 3.62. The van der Waals surface area contributed by atoms with E-state index in [1.807, 2.05) is 0 Å². The first kappa shape index (κ1) is 13.1. The monoisotopic (exact) mass is 265 g/mol. The molecule has 0 aromatic carbocycles. The number of carbonyl (C=O) groups is 3. The Bertz CT molecular complexity index is 483. The molecule has 1 aromatic heterocycles. The summed E-state index contributed by atoms with van der Waals surface area (Å²) >= 11 is 0. The lowest BCUT2D eigenvalue weighted by Gasteiger charge is -2.16. The smallest absolute Gasteiger partial charge is 0.322 e. The Balaban J connectivity index is 1.78. The third-order valence-corrected chi connectivity index (χ3v) is 2.93. The van der Waals surface area contributed by atoms with Gasteiger partial charge in [0, 0.05) is 25.6 Å². The molecule has 1 atom stereocenters. The number of nitrogens with zero attached hydrogens (tertiary/aromatic N) is 1. The SMILES string of the molecule is CN(Cc1ccoc1)C(=O)CC[C@@H]1NC(=O)NC1=O. The molecular weight excluding hydrogens is 250 g/mol. The van der Waals surface area contributed by atoms with Crippen molar-refractivity contribution in [1.82, 2.24) is 15.5 Å². The van der Waals surface area contributed by atoms with Crippen molar-refractivity contribution < 1.29 is 18.8 Å². The molecular formula is C12H15N3O4. The molecule has 1 aliphatic heterocycles. The van der Waals surface area contributed by atoms with Gasteiger partial charge in [-0.2, -0.15) is 0 Å². The van der Waals surface area contributed by atoms with Crippen molar-refractivity contribution in [1.29, 1.82) is 0 Å². The number of amides is 4. The molecule has 0 spiro atoms. The van der Waals surface area contributed by atoms with Gasteiger partial charge in [-0.05, 0) is 12.5 Å². The van der Waals surface area contributed by atoms with Crippen LogP contribution in [0, 0.1) is 0 Å². The van der Waals surface area contributed by atoms with Crippen molar-refractivity contribution in [3.8, 4) is 0 Å². The normalized spacial score (nSPS) is 18.1. The number of imide groups is 1. The Hall–Kier alpha value is -2.31.